The molecule has 0 aliphatic carbocycles. The predicted molar refractivity (Wildman–Crippen MR) is 49.7 cm³/mol. The van der Waals surface area contributed by atoms with Crippen molar-refractivity contribution in [1.82, 2.24) is 4.90 Å². The van der Waals surface area contributed by atoms with Crippen LogP contribution in [0, 0.1) is 11.3 Å². The standard InChI is InChI=1S/C10H18N2/c1-10(2)6-5-9-12(10)8-4-3-7-11/h3-6,8-9H2,1-2H3. The summed E-state index contributed by atoms with van der Waals surface area (Å²) in [4.78, 5) is 2.50. The second kappa shape index (κ2) is 3.91. The molecule has 0 unspecified atom stereocenters. The van der Waals surface area contributed by atoms with Gasteiger partial charge in [-0.15, -0.1) is 0 Å². The van der Waals surface area contributed by atoms with Gasteiger partial charge in [0.05, 0.1) is 6.07 Å². The van der Waals surface area contributed by atoms with Gasteiger partial charge in [-0.3, -0.25) is 4.90 Å². The molecule has 1 fully saturated rings. The lowest BCUT2D eigenvalue weighted by Crippen LogP contribution is -2.38. The van der Waals surface area contributed by atoms with Crippen LogP contribution in [0.15, 0.2) is 0 Å². The highest BCUT2D eigenvalue weighted by Crippen LogP contribution is 2.27. The quantitative estimate of drug-likeness (QED) is 0.601. The van der Waals surface area contributed by atoms with Gasteiger partial charge in [0.25, 0.3) is 0 Å². The van der Waals surface area contributed by atoms with Crippen LogP contribution in [-0.4, -0.2) is 23.5 Å². The molecule has 12 heavy (non-hydrogen) atoms. The van der Waals surface area contributed by atoms with E-state index in [2.05, 4.69) is 24.8 Å². The largest absolute Gasteiger partial charge is 0.298 e. The molecule has 0 saturated carbocycles. The lowest BCUT2D eigenvalue weighted by atomic mass is 10.0. The molecule has 0 radical (unpaired) electrons. The third-order valence-electron chi connectivity index (χ3n) is 2.79. The minimum absolute atomic E-state index is 0.384. The van der Waals surface area contributed by atoms with Gasteiger partial charge in [0.15, 0.2) is 0 Å². The van der Waals surface area contributed by atoms with Crippen molar-refractivity contribution in [2.45, 2.75) is 45.1 Å². The minimum Gasteiger partial charge on any atom is -0.298 e. The van der Waals surface area contributed by atoms with Gasteiger partial charge in [-0.1, -0.05) is 0 Å². The summed E-state index contributed by atoms with van der Waals surface area (Å²) in [6.45, 7) is 6.91. The smallest absolute Gasteiger partial charge is 0.0622 e. The van der Waals surface area contributed by atoms with Crippen LogP contribution < -0.4 is 0 Å². The number of unbranched alkanes of at least 4 members (excludes halogenated alkanes) is 1. The lowest BCUT2D eigenvalue weighted by Gasteiger charge is -2.31. The Balaban J connectivity index is 2.28. The SMILES string of the molecule is CC1(C)CCCN1CCCC#N. The molecule has 0 aromatic carbocycles. The Labute approximate surface area is 75.2 Å². The van der Waals surface area contributed by atoms with Crippen LogP contribution in [0.3, 0.4) is 0 Å². The molecule has 68 valence electrons. The molecule has 0 atom stereocenters. The maximum absolute atomic E-state index is 8.40. The zero-order valence-corrected chi connectivity index (χ0v) is 8.14. The van der Waals surface area contributed by atoms with Crippen molar-refractivity contribution in [3.8, 4) is 6.07 Å². The van der Waals surface area contributed by atoms with Crippen molar-refractivity contribution in [3.63, 3.8) is 0 Å². The fourth-order valence-corrected chi connectivity index (χ4v) is 1.93. The Morgan fingerprint density at radius 2 is 2.25 bits per heavy atom. The molecule has 1 rings (SSSR count). The maximum atomic E-state index is 8.40. The Morgan fingerprint density at radius 1 is 1.50 bits per heavy atom. The van der Waals surface area contributed by atoms with Gasteiger partial charge in [0.1, 0.15) is 0 Å². The van der Waals surface area contributed by atoms with E-state index in [1.807, 2.05) is 0 Å². The molecule has 0 bridgehead atoms. The first-order valence-electron chi connectivity index (χ1n) is 4.79. The number of nitrogens with zero attached hydrogens (tertiary/aromatic N) is 2. The first-order valence-corrected chi connectivity index (χ1v) is 4.79. The summed E-state index contributed by atoms with van der Waals surface area (Å²) in [5, 5.41) is 8.40. The van der Waals surface area contributed by atoms with Crippen molar-refractivity contribution in [2.75, 3.05) is 13.1 Å². The molecule has 0 aromatic rings. The summed E-state index contributed by atoms with van der Waals surface area (Å²) in [7, 11) is 0. The third kappa shape index (κ3) is 2.22. The highest BCUT2D eigenvalue weighted by molar-refractivity contribution is 4.87. The van der Waals surface area contributed by atoms with Crippen molar-refractivity contribution in [1.29, 1.82) is 5.26 Å². The van der Waals surface area contributed by atoms with Gasteiger partial charge in [0.2, 0.25) is 0 Å². The van der Waals surface area contributed by atoms with Gasteiger partial charge in [-0.05, 0) is 46.2 Å². The third-order valence-corrected chi connectivity index (χ3v) is 2.79. The molecule has 0 aromatic heterocycles. The van der Waals surface area contributed by atoms with Crippen molar-refractivity contribution < 1.29 is 0 Å². The van der Waals surface area contributed by atoms with Gasteiger partial charge in [-0.25, -0.2) is 0 Å². The van der Waals surface area contributed by atoms with E-state index in [0.717, 1.165) is 13.0 Å². The van der Waals surface area contributed by atoms with Crippen LogP contribution in [0.25, 0.3) is 0 Å². The molecule has 0 N–H and O–H groups in total. The zero-order valence-electron chi connectivity index (χ0n) is 8.14. The summed E-state index contributed by atoms with van der Waals surface area (Å²) in [5.41, 5.74) is 0.384. The van der Waals surface area contributed by atoms with Gasteiger partial charge >= 0.3 is 0 Å². The molecule has 2 heteroatoms. The molecule has 2 nitrogen and oxygen atoms in total. The second-order valence-corrected chi connectivity index (χ2v) is 4.16. The summed E-state index contributed by atoms with van der Waals surface area (Å²) >= 11 is 0. The molecular formula is C10H18N2. The molecular weight excluding hydrogens is 148 g/mol. The number of nitriles is 1. The zero-order chi connectivity index (χ0) is 9.03. The van der Waals surface area contributed by atoms with Crippen LogP contribution in [-0.2, 0) is 0 Å². The summed E-state index contributed by atoms with van der Waals surface area (Å²) in [6, 6.07) is 2.19. The Hall–Kier alpha value is -0.550. The van der Waals surface area contributed by atoms with Crippen molar-refractivity contribution in [3.05, 3.63) is 0 Å². The Bertz CT molecular complexity index is 179. The molecule has 1 aliphatic heterocycles. The lowest BCUT2D eigenvalue weighted by molar-refractivity contribution is 0.174. The van der Waals surface area contributed by atoms with Gasteiger partial charge < -0.3 is 0 Å². The average Bonchev–Trinajstić information content (AvgIpc) is 2.32. The average molecular weight is 166 g/mol. The van der Waals surface area contributed by atoms with Crippen LogP contribution in [0.2, 0.25) is 0 Å². The van der Waals surface area contributed by atoms with Crippen LogP contribution in [0.1, 0.15) is 39.5 Å². The van der Waals surface area contributed by atoms with Crippen LogP contribution in [0.5, 0.6) is 0 Å². The van der Waals surface area contributed by atoms with E-state index in [4.69, 9.17) is 5.26 Å². The van der Waals surface area contributed by atoms with E-state index in [-0.39, 0.29) is 0 Å². The van der Waals surface area contributed by atoms with Crippen LogP contribution >= 0.6 is 0 Å². The van der Waals surface area contributed by atoms with Crippen LogP contribution in [0.4, 0.5) is 0 Å². The molecule has 1 heterocycles. The fraction of sp³-hybridized carbons (Fsp3) is 0.900. The highest BCUT2D eigenvalue weighted by atomic mass is 15.2. The first kappa shape index (κ1) is 9.54. The first-order chi connectivity index (χ1) is 5.67. The summed E-state index contributed by atoms with van der Waals surface area (Å²) < 4.78 is 0. The van der Waals surface area contributed by atoms with E-state index in [1.54, 1.807) is 0 Å². The Morgan fingerprint density at radius 3 is 2.75 bits per heavy atom. The van der Waals surface area contributed by atoms with Gasteiger partial charge in [0, 0.05) is 12.0 Å². The van der Waals surface area contributed by atoms with Gasteiger partial charge in [-0.2, -0.15) is 5.26 Å². The monoisotopic (exact) mass is 166 g/mol. The van der Waals surface area contributed by atoms with E-state index >= 15 is 0 Å². The van der Waals surface area contributed by atoms with E-state index in [9.17, 15) is 0 Å². The molecule has 0 spiro atoms. The van der Waals surface area contributed by atoms with Crippen molar-refractivity contribution >= 4 is 0 Å². The highest BCUT2D eigenvalue weighted by Gasteiger charge is 2.30. The minimum atomic E-state index is 0.384. The molecule has 1 aliphatic rings. The summed E-state index contributed by atoms with van der Waals surface area (Å²) in [6.07, 6.45) is 4.35. The number of likely N-dealkylation sites (tertiary alicyclic amines) is 1. The fourth-order valence-electron chi connectivity index (χ4n) is 1.93. The predicted octanol–water partition coefficient (Wildman–Crippen LogP) is 2.16. The van der Waals surface area contributed by atoms with E-state index < -0.39 is 0 Å². The van der Waals surface area contributed by atoms with E-state index in [1.165, 1.54) is 19.4 Å². The molecule has 0 amide bonds. The Kier molecular flexibility index (Phi) is 3.11. The maximum Gasteiger partial charge on any atom is 0.0622 e. The van der Waals surface area contributed by atoms with Crippen molar-refractivity contribution in [2.24, 2.45) is 0 Å². The second-order valence-electron chi connectivity index (χ2n) is 4.16. The number of hydrogen-bond donors (Lipinski definition) is 0. The normalized spacial score (nSPS) is 22.4. The number of hydrogen-bond acceptors (Lipinski definition) is 2. The topological polar surface area (TPSA) is 27.0 Å². The van der Waals surface area contributed by atoms with E-state index in [0.29, 0.717) is 12.0 Å². The summed E-state index contributed by atoms with van der Waals surface area (Å²) in [5.74, 6) is 0. The molecule has 1 saturated heterocycles. The number of rotatable bonds is 3.